The van der Waals surface area contributed by atoms with Gasteiger partial charge in [-0.15, -0.1) is 10.2 Å². The van der Waals surface area contributed by atoms with Crippen LogP contribution in [-0.2, 0) is 6.42 Å². The fourth-order valence-corrected chi connectivity index (χ4v) is 4.22. The topological polar surface area (TPSA) is 78.9 Å². The summed E-state index contributed by atoms with van der Waals surface area (Å²) in [6.45, 7) is 8.78. The van der Waals surface area contributed by atoms with Crippen molar-refractivity contribution in [3.05, 3.63) is 47.1 Å². The molecule has 0 saturated carbocycles. The van der Waals surface area contributed by atoms with Gasteiger partial charge >= 0.3 is 0 Å². The van der Waals surface area contributed by atoms with Crippen LogP contribution in [0.25, 0.3) is 22.1 Å². The molecule has 0 spiro atoms. The Morgan fingerprint density at radius 1 is 1.29 bits per heavy atom. The van der Waals surface area contributed by atoms with Crippen LogP contribution < -0.4 is 5.43 Å². The number of aryl methyl sites for hydroxylation is 1. The van der Waals surface area contributed by atoms with Gasteiger partial charge < -0.3 is 4.98 Å². The molecule has 6 nitrogen and oxygen atoms in total. The molecule has 1 aliphatic rings. The van der Waals surface area contributed by atoms with Crippen LogP contribution in [0.15, 0.2) is 46.6 Å². The third-order valence-corrected chi connectivity index (χ3v) is 6.13. The van der Waals surface area contributed by atoms with Crippen molar-refractivity contribution in [2.45, 2.75) is 59.8 Å². The standard InChI is InChI=1S/C25H32N6/c1-5-18-10-12-22-21(14-18)23-24(27-22)28-25(31-29-23)30-26-15-20-11-9-19(13-17(20)4)8-6-7-16(2)3/h7,9-10,12,14-15,17,20H,5-6,8,11,13H2,1-4H3,(H2,27,28,30,31). The van der Waals surface area contributed by atoms with Gasteiger partial charge in [0, 0.05) is 23.0 Å². The van der Waals surface area contributed by atoms with Gasteiger partial charge in [0.15, 0.2) is 5.65 Å². The zero-order valence-corrected chi connectivity index (χ0v) is 18.9. The molecule has 0 fully saturated rings. The zero-order valence-electron chi connectivity index (χ0n) is 18.9. The zero-order chi connectivity index (χ0) is 21.8. The molecule has 0 amide bonds. The predicted molar refractivity (Wildman–Crippen MR) is 129 cm³/mol. The molecule has 2 atom stereocenters. The largest absolute Gasteiger partial charge is 0.338 e. The van der Waals surface area contributed by atoms with Gasteiger partial charge in [-0.05, 0) is 69.6 Å². The Labute approximate surface area is 184 Å². The molecule has 0 saturated heterocycles. The average Bonchev–Trinajstić information content (AvgIpc) is 3.12. The second kappa shape index (κ2) is 9.41. The van der Waals surface area contributed by atoms with E-state index in [0.717, 1.165) is 47.8 Å². The fraction of sp³-hybridized carbons (Fsp3) is 0.440. The number of fused-ring (bicyclic) bond motifs is 3. The van der Waals surface area contributed by atoms with Crippen molar-refractivity contribution in [1.29, 1.82) is 0 Å². The maximum atomic E-state index is 4.56. The van der Waals surface area contributed by atoms with E-state index in [1.807, 2.05) is 6.21 Å². The van der Waals surface area contributed by atoms with Crippen LogP contribution in [0.5, 0.6) is 0 Å². The number of aromatic amines is 1. The average molecular weight is 417 g/mol. The van der Waals surface area contributed by atoms with Gasteiger partial charge in [0.2, 0.25) is 0 Å². The van der Waals surface area contributed by atoms with Crippen molar-refractivity contribution in [3.63, 3.8) is 0 Å². The highest BCUT2D eigenvalue weighted by molar-refractivity contribution is 6.03. The third-order valence-electron chi connectivity index (χ3n) is 6.13. The second-order valence-electron chi connectivity index (χ2n) is 8.84. The summed E-state index contributed by atoms with van der Waals surface area (Å²) in [5, 5.41) is 14.1. The van der Waals surface area contributed by atoms with E-state index < -0.39 is 0 Å². The number of allylic oxidation sites excluding steroid dienone is 4. The third kappa shape index (κ3) is 5.01. The van der Waals surface area contributed by atoms with E-state index in [4.69, 9.17) is 0 Å². The Bertz CT molecular complexity index is 1150. The smallest absolute Gasteiger partial charge is 0.265 e. The molecule has 162 valence electrons. The first-order valence-electron chi connectivity index (χ1n) is 11.3. The minimum absolute atomic E-state index is 0.410. The maximum absolute atomic E-state index is 4.56. The second-order valence-corrected chi connectivity index (χ2v) is 8.84. The summed E-state index contributed by atoms with van der Waals surface area (Å²) in [6.07, 6.45) is 12.2. The molecule has 2 N–H and O–H groups in total. The van der Waals surface area contributed by atoms with E-state index >= 15 is 0 Å². The quantitative estimate of drug-likeness (QED) is 0.274. The van der Waals surface area contributed by atoms with Crippen molar-refractivity contribution >= 4 is 34.2 Å². The summed E-state index contributed by atoms with van der Waals surface area (Å²) in [5.41, 5.74) is 9.76. The lowest BCUT2D eigenvalue weighted by molar-refractivity contribution is 0.431. The number of benzene rings is 1. The summed E-state index contributed by atoms with van der Waals surface area (Å²) in [7, 11) is 0. The van der Waals surface area contributed by atoms with Crippen LogP contribution in [0.4, 0.5) is 5.95 Å². The summed E-state index contributed by atoms with van der Waals surface area (Å²) < 4.78 is 0. The van der Waals surface area contributed by atoms with Crippen LogP contribution in [0.1, 0.15) is 58.9 Å². The molecule has 0 bridgehead atoms. The normalized spacial score (nSPS) is 19.2. The van der Waals surface area contributed by atoms with Gasteiger partial charge in [0.1, 0.15) is 5.52 Å². The first-order valence-corrected chi connectivity index (χ1v) is 11.3. The van der Waals surface area contributed by atoms with Gasteiger partial charge in [-0.1, -0.05) is 43.2 Å². The van der Waals surface area contributed by atoms with Crippen LogP contribution in [-0.4, -0.2) is 26.4 Å². The van der Waals surface area contributed by atoms with Gasteiger partial charge in [0.05, 0.1) is 0 Å². The van der Waals surface area contributed by atoms with Gasteiger partial charge in [0.25, 0.3) is 5.95 Å². The number of H-pyrrole nitrogens is 1. The molecule has 0 radical (unpaired) electrons. The molecule has 2 unspecified atom stereocenters. The Hall–Kier alpha value is -3.02. The van der Waals surface area contributed by atoms with E-state index in [1.54, 1.807) is 5.57 Å². The van der Waals surface area contributed by atoms with Crippen molar-refractivity contribution in [2.24, 2.45) is 16.9 Å². The molecule has 2 aromatic heterocycles. The van der Waals surface area contributed by atoms with Crippen molar-refractivity contribution < 1.29 is 0 Å². The lowest BCUT2D eigenvalue weighted by Gasteiger charge is -2.25. The Balaban J connectivity index is 1.40. The lowest BCUT2D eigenvalue weighted by atomic mass is 9.80. The van der Waals surface area contributed by atoms with Crippen LogP contribution in [0, 0.1) is 11.8 Å². The highest BCUT2D eigenvalue weighted by Gasteiger charge is 2.20. The van der Waals surface area contributed by atoms with E-state index in [0.29, 0.717) is 17.8 Å². The first kappa shape index (κ1) is 21.2. The lowest BCUT2D eigenvalue weighted by Crippen LogP contribution is -2.18. The molecular weight excluding hydrogens is 384 g/mol. The minimum atomic E-state index is 0.410. The van der Waals surface area contributed by atoms with E-state index in [9.17, 15) is 0 Å². The molecule has 1 aliphatic carbocycles. The van der Waals surface area contributed by atoms with Gasteiger partial charge in [-0.2, -0.15) is 10.1 Å². The molecular formula is C25H32N6. The number of hydrogen-bond donors (Lipinski definition) is 2. The van der Waals surface area contributed by atoms with Crippen molar-refractivity contribution in [2.75, 3.05) is 5.43 Å². The number of anilines is 1. The highest BCUT2D eigenvalue weighted by atomic mass is 15.4. The number of hydrogen-bond acceptors (Lipinski definition) is 5. The number of hydrazone groups is 1. The van der Waals surface area contributed by atoms with Gasteiger partial charge in [-0.25, -0.2) is 5.43 Å². The number of rotatable bonds is 7. The molecule has 31 heavy (non-hydrogen) atoms. The first-order chi connectivity index (χ1) is 15.0. The molecule has 1 aromatic carbocycles. The number of nitrogens with zero attached hydrogens (tertiary/aromatic N) is 4. The maximum Gasteiger partial charge on any atom is 0.265 e. The predicted octanol–water partition coefficient (Wildman–Crippen LogP) is 6.19. The Morgan fingerprint density at radius 2 is 2.16 bits per heavy atom. The molecule has 4 rings (SSSR count). The van der Waals surface area contributed by atoms with E-state index in [-0.39, 0.29) is 0 Å². The number of nitrogens with one attached hydrogen (secondary N) is 2. The number of aromatic nitrogens is 4. The summed E-state index contributed by atoms with van der Waals surface area (Å²) in [4.78, 5) is 7.89. The molecule has 0 aliphatic heterocycles. The summed E-state index contributed by atoms with van der Waals surface area (Å²) in [5.74, 6) is 1.42. The van der Waals surface area contributed by atoms with Crippen molar-refractivity contribution in [1.82, 2.24) is 20.2 Å². The van der Waals surface area contributed by atoms with Crippen molar-refractivity contribution in [3.8, 4) is 0 Å². The van der Waals surface area contributed by atoms with E-state index in [1.165, 1.54) is 17.6 Å². The fourth-order valence-electron chi connectivity index (χ4n) is 4.22. The monoisotopic (exact) mass is 416 g/mol. The SMILES string of the molecule is CCc1ccc2[nH]c3nc(NN=CC4CC=C(CCC=C(C)C)CC4C)nnc3c2c1. The van der Waals surface area contributed by atoms with Crippen LogP contribution in [0.2, 0.25) is 0 Å². The molecule has 3 aromatic rings. The molecule has 6 heteroatoms. The Morgan fingerprint density at radius 3 is 2.94 bits per heavy atom. The van der Waals surface area contributed by atoms with Crippen LogP contribution >= 0.6 is 0 Å². The van der Waals surface area contributed by atoms with E-state index in [2.05, 4.69) is 88.7 Å². The Kier molecular flexibility index (Phi) is 6.44. The highest BCUT2D eigenvalue weighted by Crippen LogP contribution is 2.30. The summed E-state index contributed by atoms with van der Waals surface area (Å²) >= 11 is 0. The summed E-state index contributed by atoms with van der Waals surface area (Å²) in [6, 6.07) is 6.36. The minimum Gasteiger partial charge on any atom is -0.338 e. The van der Waals surface area contributed by atoms with Gasteiger partial charge in [-0.3, -0.25) is 0 Å². The van der Waals surface area contributed by atoms with Crippen LogP contribution in [0.3, 0.4) is 0 Å². The molecule has 2 heterocycles.